The minimum absolute atomic E-state index is 0.0361. The van der Waals surface area contributed by atoms with Gasteiger partial charge in [-0.3, -0.25) is 4.79 Å². The van der Waals surface area contributed by atoms with Gasteiger partial charge in [-0.25, -0.2) is 0 Å². The van der Waals surface area contributed by atoms with Crippen LogP contribution in [0.15, 0.2) is 24.3 Å². The molecule has 4 atom stereocenters. The van der Waals surface area contributed by atoms with Gasteiger partial charge in [0.2, 0.25) is 0 Å². The summed E-state index contributed by atoms with van der Waals surface area (Å²) in [6, 6.07) is 0. The summed E-state index contributed by atoms with van der Waals surface area (Å²) in [6.07, 6.45) is 4.56. The van der Waals surface area contributed by atoms with Gasteiger partial charge >= 0.3 is 5.97 Å². The Labute approximate surface area is 135 Å². The van der Waals surface area contributed by atoms with Gasteiger partial charge in [-0.2, -0.15) is 0 Å². The molecule has 0 aromatic carbocycles. The van der Waals surface area contributed by atoms with E-state index in [2.05, 4.69) is 32.8 Å². The lowest BCUT2D eigenvalue weighted by atomic mass is 9.82. The molecule has 22 heavy (non-hydrogen) atoms. The van der Waals surface area contributed by atoms with Crippen LogP contribution in [0.3, 0.4) is 0 Å². The summed E-state index contributed by atoms with van der Waals surface area (Å²) in [5.74, 6) is 0.366. The van der Waals surface area contributed by atoms with Gasteiger partial charge in [0.15, 0.2) is 8.32 Å². The molecule has 0 bridgehead atoms. The molecule has 0 N–H and O–H groups in total. The molecule has 1 aliphatic carbocycles. The van der Waals surface area contributed by atoms with Gasteiger partial charge in [-0.1, -0.05) is 17.7 Å². The van der Waals surface area contributed by atoms with E-state index in [-0.39, 0.29) is 24.1 Å². The number of hydrogen-bond donors (Lipinski definition) is 0. The van der Waals surface area contributed by atoms with Crippen LogP contribution in [0.1, 0.15) is 39.0 Å². The highest BCUT2D eigenvalue weighted by atomic mass is 28.4. The lowest BCUT2D eigenvalue weighted by molar-refractivity contribution is -0.143. The second kappa shape index (κ2) is 6.71. The van der Waals surface area contributed by atoms with Crippen LogP contribution in [-0.2, 0) is 14.0 Å². The van der Waals surface area contributed by atoms with Crippen LogP contribution in [0.25, 0.3) is 0 Å². The number of carbonyl (C=O) groups excluding carboxylic acids is 1. The summed E-state index contributed by atoms with van der Waals surface area (Å²) in [4.78, 5) is 12.0. The van der Waals surface area contributed by atoms with Crippen molar-refractivity contribution >= 4 is 14.3 Å². The first-order chi connectivity index (χ1) is 10.2. The number of ether oxygens (including phenoxy) is 1. The van der Waals surface area contributed by atoms with Crippen LogP contribution in [0.5, 0.6) is 0 Å². The maximum absolute atomic E-state index is 12.0. The number of cyclic esters (lactones) is 1. The molecular weight excluding hydrogens is 292 g/mol. The highest BCUT2D eigenvalue weighted by Crippen LogP contribution is 2.43. The number of rotatable bonds is 6. The van der Waals surface area contributed by atoms with E-state index in [9.17, 15) is 4.79 Å². The lowest BCUT2D eigenvalue weighted by Gasteiger charge is -2.34. The van der Waals surface area contributed by atoms with Crippen LogP contribution in [0.2, 0.25) is 19.6 Å². The number of carbonyl (C=O) groups is 1. The van der Waals surface area contributed by atoms with Gasteiger partial charge in [0.05, 0.1) is 12.5 Å². The first kappa shape index (κ1) is 17.5. The second-order valence-electron chi connectivity index (χ2n) is 7.91. The van der Waals surface area contributed by atoms with Gasteiger partial charge in [0.1, 0.15) is 6.10 Å². The van der Waals surface area contributed by atoms with E-state index in [4.69, 9.17) is 9.16 Å². The quantitative estimate of drug-likeness (QED) is 0.411. The van der Waals surface area contributed by atoms with Crippen LogP contribution in [-0.4, -0.2) is 26.5 Å². The van der Waals surface area contributed by atoms with E-state index < -0.39 is 8.32 Å². The second-order valence-corrected chi connectivity index (χ2v) is 12.4. The third-order valence-corrected chi connectivity index (χ3v) is 5.57. The summed E-state index contributed by atoms with van der Waals surface area (Å²) in [6.45, 7) is 16.9. The fourth-order valence-electron chi connectivity index (χ4n) is 3.73. The number of esters is 1. The van der Waals surface area contributed by atoms with E-state index in [0.717, 1.165) is 31.3 Å². The fraction of sp³-hybridized carbons (Fsp3) is 0.722. The summed E-state index contributed by atoms with van der Waals surface area (Å²) < 4.78 is 12.1. The largest absolute Gasteiger partial charge is 0.461 e. The van der Waals surface area contributed by atoms with E-state index in [1.807, 2.05) is 6.92 Å². The Morgan fingerprint density at radius 2 is 2.14 bits per heavy atom. The molecule has 2 aliphatic rings. The Hall–Kier alpha value is -0.873. The van der Waals surface area contributed by atoms with Crippen LogP contribution in [0.4, 0.5) is 0 Å². The standard InChI is InChI=1S/C18H30O3Si/c1-12(2)10-16(21-22(4,5)6)15-11-17(19)20-18(15)14-9-7-8-13(14)3/h14-16,18H,1,3,7-11H2,2,4-6H3. The van der Waals surface area contributed by atoms with Crippen molar-refractivity contribution in [1.82, 2.24) is 0 Å². The molecule has 0 aromatic heterocycles. The zero-order chi connectivity index (χ0) is 16.5. The zero-order valence-electron chi connectivity index (χ0n) is 14.5. The molecule has 4 heteroatoms. The first-order valence-electron chi connectivity index (χ1n) is 8.36. The summed E-state index contributed by atoms with van der Waals surface area (Å²) in [7, 11) is -1.69. The molecule has 1 heterocycles. The van der Waals surface area contributed by atoms with Crippen molar-refractivity contribution in [2.75, 3.05) is 0 Å². The first-order valence-corrected chi connectivity index (χ1v) is 11.8. The molecule has 2 rings (SSSR count). The fourth-order valence-corrected chi connectivity index (χ4v) is 4.90. The SMILES string of the molecule is C=C(C)CC(O[Si](C)(C)C)C1CC(=O)OC1C1CCCC1=C. The third kappa shape index (κ3) is 4.32. The Balaban J connectivity index is 2.20. The van der Waals surface area contributed by atoms with Crippen LogP contribution < -0.4 is 0 Å². The molecule has 0 amide bonds. The molecule has 4 unspecified atom stereocenters. The molecule has 0 radical (unpaired) electrons. The molecule has 1 saturated heterocycles. The third-order valence-electron chi connectivity index (χ3n) is 4.56. The molecule has 124 valence electrons. The predicted octanol–water partition coefficient (Wildman–Crippen LogP) is 4.46. The Morgan fingerprint density at radius 1 is 1.45 bits per heavy atom. The van der Waals surface area contributed by atoms with Crippen molar-refractivity contribution in [3.8, 4) is 0 Å². The van der Waals surface area contributed by atoms with Crippen molar-refractivity contribution in [2.45, 2.75) is 70.9 Å². The van der Waals surface area contributed by atoms with Gasteiger partial charge in [0.25, 0.3) is 0 Å². The maximum atomic E-state index is 12.0. The molecule has 0 spiro atoms. The van der Waals surface area contributed by atoms with Crippen molar-refractivity contribution in [3.05, 3.63) is 24.3 Å². The van der Waals surface area contributed by atoms with Gasteiger partial charge in [-0.05, 0) is 52.2 Å². The van der Waals surface area contributed by atoms with Crippen molar-refractivity contribution in [2.24, 2.45) is 11.8 Å². The van der Waals surface area contributed by atoms with Gasteiger partial charge < -0.3 is 9.16 Å². The monoisotopic (exact) mass is 322 g/mol. The topological polar surface area (TPSA) is 35.5 Å². The Kier molecular flexibility index (Phi) is 5.33. The van der Waals surface area contributed by atoms with E-state index in [1.165, 1.54) is 5.57 Å². The average Bonchev–Trinajstić information content (AvgIpc) is 2.91. The average molecular weight is 323 g/mol. The molecule has 2 fully saturated rings. The molecular formula is C18H30O3Si. The Bertz CT molecular complexity index is 463. The molecule has 1 aliphatic heterocycles. The highest BCUT2D eigenvalue weighted by Gasteiger charge is 2.46. The van der Waals surface area contributed by atoms with Gasteiger partial charge in [-0.15, -0.1) is 6.58 Å². The summed E-state index contributed by atoms with van der Waals surface area (Å²) >= 11 is 0. The predicted molar refractivity (Wildman–Crippen MR) is 92.1 cm³/mol. The normalized spacial score (nSPS) is 30.5. The lowest BCUT2D eigenvalue weighted by Crippen LogP contribution is -2.41. The summed E-state index contributed by atoms with van der Waals surface area (Å²) in [5, 5.41) is 0. The number of hydrogen-bond acceptors (Lipinski definition) is 3. The van der Waals surface area contributed by atoms with Crippen molar-refractivity contribution in [1.29, 1.82) is 0 Å². The minimum atomic E-state index is -1.69. The smallest absolute Gasteiger partial charge is 0.306 e. The van der Waals surface area contributed by atoms with Crippen molar-refractivity contribution < 1.29 is 14.0 Å². The molecule has 0 aromatic rings. The Morgan fingerprint density at radius 3 is 2.64 bits per heavy atom. The maximum Gasteiger partial charge on any atom is 0.306 e. The van der Waals surface area contributed by atoms with E-state index in [0.29, 0.717) is 12.3 Å². The van der Waals surface area contributed by atoms with Crippen LogP contribution in [0, 0.1) is 11.8 Å². The van der Waals surface area contributed by atoms with E-state index >= 15 is 0 Å². The molecule has 1 saturated carbocycles. The van der Waals surface area contributed by atoms with Crippen LogP contribution >= 0.6 is 0 Å². The highest BCUT2D eigenvalue weighted by molar-refractivity contribution is 6.69. The van der Waals surface area contributed by atoms with Gasteiger partial charge in [0, 0.05) is 11.8 Å². The van der Waals surface area contributed by atoms with Crippen molar-refractivity contribution in [3.63, 3.8) is 0 Å². The zero-order valence-corrected chi connectivity index (χ0v) is 15.5. The minimum Gasteiger partial charge on any atom is -0.461 e. The van der Waals surface area contributed by atoms with E-state index in [1.54, 1.807) is 0 Å². The summed E-state index contributed by atoms with van der Waals surface area (Å²) in [5.41, 5.74) is 2.35. The molecule has 3 nitrogen and oxygen atoms in total.